The molecule has 14 heavy (non-hydrogen) atoms. The zero-order valence-corrected chi connectivity index (χ0v) is 9.20. The van der Waals surface area contributed by atoms with Crippen LogP contribution in [0.15, 0.2) is 6.20 Å². The van der Waals surface area contributed by atoms with E-state index in [9.17, 15) is 5.11 Å². The van der Waals surface area contributed by atoms with Crippen LogP contribution in [0, 0.1) is 5.92 Å². The van der Waals surface area contributed by atoms with Gasteiger partial charge in [-0.1, -0.05) is 6.92 Å². The van der Waals surface area contributed by atoms with E-state index in [4.69, 9.17) is 11.6 Å². The second kappa shape index (κ2) is 3.55. The number of hydrogen-bond donors (Lipinski definition) is 1. The summed E-state index contributed by atoms with van der Waals surface area (Å²) >= 11 is 5.88. The Morgan fingerprint density at radius 2 is 2.29 bits per heavy atom. The molecule has 1 aromatic rings. The minimum atomic E-state index is -0.173. The van der Waals surface area contributed by atoms with Crippen molar-refractivity contribution in [1.82, 2.24) is 9.55 Å². The van der Waals surface area contributed by atoms with Crippen LogP contribution in [0.4, 0.5) is 0 Å². The zero-order chi connectivity index (χ0) is 10.3. The second-order valence-corrected chi connectivity index (χ2v) is 4.46. The highest BCUT2D eigenvalue weighted by atomic mass is 35.5. The molecule has 3 unspecified atom stereocenters. The first kappa shape index (κ1) is 9.99. The smallest absolute Gasteiger partial charge is 0.202 e. The number of hydrogen-bond acceptors (Lipinski definition) is 2. The van der Waals surface area contributed by atoms with Crippen LogP contribution in [-0.4, -0.2) is 20.8 Å². The Hall–Kier alpha value is -0.540. The van der Waals surface area contributed by atoms with E-state index in [1.807, 2.05) is 17.8 Å². The summed E-state index contributed by atoms with van der Waals surface area (Å²) in [5, 5.41) is 10.2. The summed E-state index contributed by atoms with van der Waals surface area (Å²) in [6, 6.07) is 0. The van der Waals surface area contributed by atoms with Crippen LogP contribution in [0.5, 0.6) is 0 Å². The molecule has 1 aromatic heterocycles. The summed E-state index contributed by atoms with van der Waals surface area (Å²) in [6.07, 6.45) is 3.56. The van der Waals surface area contributed by atoms with Crippen molar-refractivity contribution in [2.75, 3.05) is 0 Å². The van der Waals surface area contributed by atoms with E-state index in [-0.39, 0.29) is 6.10 Å². The standard InChI is InChI=1S/C10H15ClN2O/c1-6-7(3-4-9(6)14)8-5-12-10(11)13(8)2/h5-7,9,14H,3-4H2,1-2H3. The van der Waals surface area contributed by atoms with E-state index < -0.39 is 0 Å². The molecule has 0 amide bonds. The molecular weight excluding hydrogens is 200 g/mol. The summed E-state index contributed by atoms with van der Waals surface area (Å²) in [5.41, 5.74) is 1.14. The van der Waals surface area contributed by atoms with Crippen LogP contribution >= 0.6 is 11.6 Å². The Balaban J connectivity index is 2.28. The van der Waals surface area contributed by atoms with Crippen molar-refractivity contribution < 1.29 is 5.11 Å². The van der Waals surface area contributed by atoms with Crippen LogP contribution in [-0.2, 0) is 7.05 Å². The minimum Gasteiger partial charge on any atom is -0.393 e. The van der Waals surface area contributed by atoms with Gasteiger partial charge < -0.3 is 9.67 Å². The Morgan fingerprint density at radius 3 is 2.71 bits per heavy atom. The number of nitrogens with zero attached hydrogens (tertiary/aromatic N) is 2. The van der Waals surface area contributed by atoms with Crippen molar-refractivity contribution in [3.05, 3.63) is 17.2 Å². The maximum Gasteiger partial charge on any atom is 0.202 e. The molecule has 0 radical (unpaired) electrons. The van der Waals surface area contributed by atoms with Crippen LogP contribution in [0.1, 0.15) is 31.4 Å². The molecule has 3 nitrogen and oxygen atoms in total. The molecule has 3 atom stereocenters. The van der Waals surface area contributed by atoms with Crippen molar-refractivity contribution in [2.45, 2.75) is 31.8 Å². The van der Waals surface area contributed by atoms with Gasteiger partial charge in [0.1, 0.15) is 0 Å². The SMILES string of the molecule is CC1C(O)CCC1c1cnc(Cl)n1C. The average Bonchev–Trinajstić information content (AvgIpc) is 2.63. The number of rotatable bonds is 1. The lowest BCUT2D eigenvalue weighted by atomic mass is 9.94. The average molecular weight is 215 g/mol. The molecular formula is C10H15ClN2O. The van der Waals surface area contributed by atoms with Crippen LogP contribution in [0.2, 0.25) is 5.28 Å². The summed E-state index contributed by atoms with van der Waals surface area (Å²) in [4.78, 5) is 4.07. The number of aliphatic hydroxyl groups excluding tert-OH is 1. The summed E-state index contributed by atoms with van der Waals surface area (Å²) in [6.45, 7) is 2.09. The first-order valence-electron chi connectivity index (χ1n) is 4.96. The van der Waals surface area contributed by atoms with Gasteiger partial charge in [-0.15, -0.1) is 0 Å². The fourth-order valence-electron chi connectivity index (χ4n) is 2.31. The molecule has 1 saturated carbocycles. The fraction of sp³-hybridized carbons (Fsp3) is 0.700. The van der Waals surface area contributed by atoms with Crippen LogP contribution in [0.25, 0.3) is 0 Å². The molecule has 0 aliphatic heterocycles. The number of halogens is 1. The molecule has 2 rings (SSSR count). The number of aliphatic hydroxyl groups is 1. The lowest BCUT2D eigenvalue weighted by Gasteiger charge is -2.17. The van der Waals surface area contributed by atoms with Crippen LogP contribution in [0.3, 0.4) is 0 Å². The monoisotopic (exact) mass is 214 g/mol. The third-order valence-corrected chi connectivity index (χ3v) is 3.71. The van der Waals surface area contributed by atoms with Crippen molar-refractivity contribution in [2.24, 2.45) is 13.0 Å². The zero-order valence-electron chi connectivity index (χ0n) is 8.44. The largest absolute Gasteiger partial charge is 0.393 e. The highest BCUT2D eigenvalue weighted by molar-refractivity contribution is 6.28. The Morgan fingerprint density at radius 1 is 1.57 bits per heavy atom. The molecule has 0 saturated heterocycles. The van der Waals surface area contributed by atoms with E-state index in [0.29, 0.717) is 17.1 Å². The minimum absolute atomic E-state index is 0.173. The van der Waals surface area contributed by atoms with Gasteiger partial charge in [0.2, 0.25) is 5.28 Å². The van der Waals surface area contributed by atoms with Gasteiger partial charge in [0.05, 0.1) is 12.3 Å². The lowest BCUT2D eigenvalue weighted by molar-refractivity contribution is 0.136. The van der Waals surface area contributed by atoms with Crippen molar-refractivity contribution in [3.8, 4) is 0 Å². The summed E-state index contributed by atoms with van der Waals surface area (Å²) in [5.74, 6) is 0.705. The highest BCUT2D eigenvalue weighted by Gasteiger charge is 2.34. The Labute approximate surface area is 88.7 Å². The van der Waals surface area contributed by atoms with Gasteiger partial charge in [0.15, 0.2) is 0 Å². The molecule has 78 valence electrons. The van der Waals surface area contributed by atoms with Crippen molar-refractivity contribution in [3.63, 3.8) is 0 Å². The normalized spacial score (nSPS) is 32.4. The van der Waals surface area contributed by atoms with Crippen LogP contribution < -0.4 is 0 Å². The predicted molar refractivity (Wildman–Crippen MR) is 55.4 cm³/mol. The number of imidazole rings is 1. The molecule has 0 aromatic carbocycles. The summed E-state index contributed by atoms with van der Waals surface area (Å²) < 4.78 is 1.90. The third-order valence-electron chi connectivity index (χ3n) is 3.36. The molecule has 1 heterocycles. The first-order chi connectivity index (χ1) is 6.61. The van der Waals surface area contributed by atoms with E-state index >= 15 is 0 Å². The third kappa shape index (κ3) is 1.44. The predicted octanol–water partition coefficient (Wildman–Crippen LogP) is 1.95. The molecule has 1 N–H and O–H groups in total. The van der Waals surface area contributed by atoms with Gasteiger partial charge in [-0.25, -0.2) is 4.98 Å². The lowest BCUT2D eigenvalue weighted by Crippen LogP contribution is -2.15. The Bertz CT molecular complexity index is 337. The van der Waals surface area contributed by atoms with Crippen molar-refractivity contribution in [1.29, 1.82) is 0 Å². The molecule has 1 fully saturated rings. The second-order valence-electron chi connectivity index (χ2n) is 4.12. The first-order valence-corrected chi connectivity index (χ1v) is 5.34. The van der Waals surface area contributed by atoms with Gasteiger partial charge >= 0.3 is 0 Å². The highest BCUT2D eigenvalue weighted by Crippen LogP contribution is 2.39. The Kier molecular flexibility index (Phi) is 2.54. The van der Waals surface area contributed by atoms with Crippen molar-refractivity contribution >= 4 is 11.6 Å². The van der Waals surface area contributed by atoms with Gasteiger partial charge in [-0.2, -0.15) is 0 Å². The van der Waals surface area contributed by atoms with Gasteiger partial charge in [-0.3, -0.25) is 0 Å². The quantitative estimate of drug-likeness (QED) is 0.776. The van der Waals surface area contributed by atoms with Gasteiger partial charge in [0.25, 0.3) is 0 Å². The van der Waals surface area contributed by atoms with E-state index in [1.54, 1.807) is 0 Å². The fourth-order valence-corrected chi connectivity index (χ4v) is 2.45. The van der Waals surface area contributed by atoms with Gasteiger partial charge in [-0.05, 0) is 30.4 Å². The maximum atomic E-state index is 9.66. The molecule has 1 aliphatic carbocycles. The topological polar surface area (TPSA) is 38.1 Å². The van der Waals surface area contributed by atoms with E-state index in [1.165, 1.54) is 0 Å². The van der Waals surface area contributed by atoms with E-state index in [2.05, 4.69) is 11.9 Å². The maximum absolute atomic E-state index is 9.66. The van der Waals surface area contributed by atoms with Gasteiger partial charge in [0, 0.05) is 18.7 Å². The molecule has 4 heteroatoms. The molecule has 0 bridgehead atoms. The molecule has 1 aliphatic rings. The summed E-state index contributed by atoms with van der Waals surface area (Å²) in [7, 11) is 1.92. The van der Waals surface area contributed by atoms with E-state index in [0.717, 1.165) is 18.5 Å². The number of aromatic nitrogens is 2. The molecule has 0 spiro atoms.